The summed E-state index contributed by atoms with van der Waals surface area (Å²) in [7, 11) is 1.92. The van der Waals surface area contributed by atoms with Gasteiger partial charge < -0.3 is 15.3 Å². The highest BCUT2D eigenvalue weighted by Crippen LogP contribution is 2.40. The van der Waals surface area contributed by atoms with Crippen LogP contribution in [-0.4, -0.2) is 40.3 Å². The van der Waals surface area contributed by atoms with E-state index in [1.807, 2.05) is 7.05 Å². The summed E-state index contributed by atoms with van der Waals surface area (Å²) in [5.41, 5.74) is 1.13. The maximum Gasteiger partial charge on any atom is 0.137 e. The molecular formula is C16H26N4O. The maximum absolute atomic E-state index is 9.99. The Bertz CT molecular complexity index is 505. The number of piperidine rings is 1. The van der Waals surface area contributed by atoms with Gasteiger partial charge in [-0.25, -0.2) is 9.97 Å². The summed E-state index contributed by atoms with van der Waals surface area (Å²) in [4.78, 5) is 11.9. The van der Waals surface area contributed by atoms with Crippen LogP contribution < -0.4 is 10.2 Å². The number of hydrogen-bond acceptors (Lipinski definition) is 5. The highest BCUT2D eigenvalue weighted by molar-refractivity contribution is 5.60. The Kier molecular flexibility index (Phi) is 4.02. The molecule has 1 aromatic rings. The molecule has 0 aliphatic carbocycles. The van der Waals surface area contributed by atoms with E-state index in [0.29, 0.717) is 12.1 Å². The van der Waals surface area contributed by atoms with Crippen LogP contribution in [0.15, 0.2) is 0 Å². The molecule has 0 radical (unpaired) electrons. The van der Waals surface area contributed by atoms with Crippen molar-refractivity contribution in [2.45, 2.75) is 70.6 Å². The van der Waals surface area contributed by atoms with Crippen molar-refractivity contribution in [2.24, 2.45) is 0 Å². The molecule has 2 bridgehead atoms. The van der Waals surface area contributed by atoms with Crippen LogP contribution in [0.3, 0.4) is 0 Å². The lowest BCUT2D eigenvalue weighted by atomic mass is 9.99. The fourth-order valence-corrected chi connectivity index (χ4v) is 3.87. The second-order valence-electron chi connectivity index (χ2n) is 6.35. The number of hydrogen-bond donors (Lipinski definition) is 2. The zero-order valence-corrected chi connectivity index (χ0v) is 13.3. The number of aryl methyl sites for hydroxylation is 1. The molecule has 1 aromatic heterocycles. The molecule has 2 N–H and O–H groups in total. The van der Waals surface area contributed by atoms with Crippen LogP contribution in [0, 0.1) is 6.92 Å². The molecule has 2 aliphatic heterocycles. The van der Waals surface area contributed by atoms with Gasteiger partial charge in [-0.2, -0.15) is 0 Å². The minimum atomic E-state index is -0.139. The van der Waals surface area contributed by atoms with Gasteiger partial charge in [-0.1, -0.05) is 6.92 Å². The van der Waals surface area contributed by atoms with Crippen LogP contribution in [-0.2, 0) is 6.42 Å². The molecule has 2 fully saturated rings. The van der Waals surface area contributed by atoms with E-state index in [2.05, 4.69) is 29.0 Å². The molecule has 0 saturated carbocycles. The van der Waals surface area contributed by atoms with Gasteiger partial charge in [0.25, 0.3) is 0 Å². The minimum Gasteiger partial charge on any atom is -0.393 e. The van der Waals surface area contributed by atoms with Gasteiger partial charge in [0.2, 0.25) is 0 Å². The second kappa shape index (κ2) is 5.79. The molecule has 0 aromatic carbocycles. The number of rotatable bonds is 4. The first-order chi connectivity index (χ1) is 10.1. The van der Waals surface area contributed by atoms with Crippen LogP contribution in [0.4, 0.5) is 11.6 Å². The van der Waals surface area contributed by atoms with Crippen molar-refractivity contribution in [3.63, 3.8) is 0 Å². The quantitative estimate of drug-likeness (QED) is 0.891. The lowest BCUT2D eigenvalue weighted by molar-refractivity contribution is 0.126. The lowest BCUT2D eigenvalue weighted by Gasteiger charge is -2.39. The Labute approximate surface area is 126 Å². The monoisotopic (exact) mass is 290 g/mol. The van der Waals surface area contributed by atoms with E-state index < -0.39 is 0 Å². The molecule has 3 rings (SSSR count). The summed E-state index contributed by atoms with van der Waals surface area (Å²) < 4.78 is 0. The van der Waals surface area contributed by atoms with E-state index in [4.69, 9.17) is 4.98 Å². The van der Waals surface area contributed by atoms with Crippen molar-refractivity contribution in [3.05, 3.63) is 11.4 Å². The summed E-state index contributed by atoms with van der Waals surface area (Å²) in [6, 6.07) is 0.873. The number of nitrogens with zero attached hydrogens (tertiary/aromatic N) is 3. The zero-order chi connectivity index (χ0) is 15.0. The first kappa shape index (κ1) is 14.6. The van der Waals surface area contributed by atoms with Gasteiger partial charge in [-0.3, -0.25) is 0 Å². The van der Waals surface area contributed by atoms with Gasteiger partial charge in [-0.05, 0) is 39.0 Å². The van der Waals surface area contributed by atoms with Crippen LogP contribution >= 0.6 is 0 Å². The van der Waals surface area contributed by atoms with Gasteiger partial charge in [0.05, 0.1) is 6.10 Å². The third-order valence-electron chi connectivity index (χ3n) is 4.83. The summed E-state index contributed by atoms with van der Waals surface area (Å²) in [6.07, 6.45) is 5.91. The molecular weight excluding hydrogens is 264 g/mol. The predicted octanol–water partition coefficient (Wildman–Crippen LogP) is 2.27. The molecule has 5 nitrogen and oxygen atoms in total. The molecule has 5 heteroatoms. The van der Waals surface area contributed by atoms with E-state index in [1.54, 1.807) is 0 Å². The molecule has 2 saturated heterocycles. The SMILES string of the molecule is CCCc1nc(NC)c(C)c(N2C3CCC2CC(O)C3)n1. The molecule has 116 valence electrons. The first-order valence-corrected chi connectivity index (χ1v) is 8.15. The first-order valence-electron chi connectivity index (χ1n) is 8.15. The van der Waals surface area contributed by atoms with E-state index in [0.717, 1.165) is 48.7 Å². The van der Waals surface area contributed by atoms with Crippen LogP contribution in [0.2, 0.25) is 0 Å². The van der Waals surface area contributed by atoms with Crippen LogP contribution in [0.5, 0.6) is 0 Å². The highest BCUT2D eigenvalue weighted by Gasteiger charge is 2.41. The van der Waals surface area contributed by atoms with Gasteiger partial charge in [0.1, 0.15) is 17.5 Å². The minimum absolute atomic E-state index is 0.139. The van der Waals surface area contributed by atoms with Crippen molar-refractivity contribution in [2.75, 3.05) is 17.3 Å². The molecule has 2 aliphatic rings. The van der Waals surface area contributed by atoms with Crippen molar-refractivity contribution in [1.82, 2.24) is 9.97 Å². The van der Waals surface area contributed by atoms with E-state index in [-0.39, 0.29) is 6.10 Å². The fourth-order valence-electron chi connectivity index (χ4n) is 3.87. The Balaban J connectivity index is 1.99. The summed E-state index contributed by atoms with van der Waals surface area (Å²) >= 11 is 0. The molecule has 0 amide bonds. The van der Waals surface area contributed by atoms with Gasteiger partial charge in [0.15, 0.2) is 0 Å². The molecule has 2 unspecified atom stereocenters. The van der Waals surface area contributed by atoms with E-state index in [9.17, 15) is 5.11 Å². The summed E-state index contributed by atoms with van der Waals surface area (Å²) in [5.74, 6) is 2.94. The van der Waals surface area contributed by atoms with Crippen molar-refractivity contribution >= 4 is 11.6 Å². The Hall–Kier alpha value is -1.36. The normalized spacial score (nSPS) is 28.0. The Morgan fingerprint density at radius 2 is 1.90 bits per heavy atom. The third-order valence-corrected chi connectivity index (χ3v) is 4.83. The standard InChI is InChI=1S/C16H26N4O/c1-4-5-14-18-15(17-3)10(2)16(19-14)20-11-6-7-12(20)9-13(21)8-11/h11-13,21H,4-9H2,1-3H3,(H,17,18,19). The smallest absolute Gasteiger partial charge is 0.137 e. The zero-order valence-electron chi connectivity index (χ0n) is 13.3. The van der Waals surface area contributed by atoms with Gasteiger partial charge in [-0.15, -0.1) is 0 Å². The number of nitrogens with one attached hydrogen (secondary N) is 1. The van der Waals surface area contributed by atoms with Crippen molar-refractivity contribution in [3.8, 4) is 0 Å². The van der Waals surface area contributed by atoms with Gasteiger partial charge >= 0.3 is 0 Å². The largest absolute Gasteiger partial charge is 0.393 e. The summed E-state index contributed by atoms with van der Waals surface area (Å²) in [5, 5.41) is 13.2. The van der Waals surface area contributed by atoms with Gasteiger partial charge in [0, 0.05) is 31.1 Å². The third kappa shape index (κ3) is 2.59. The summed E-state index contributed by atoms with van der Waals surface area (Å²) in [6.45, 7) is 4.25. The number of aromatic nitrogens is 2. The lowest BCUT2D eigenvalue weighted by Crippen LogP contribution is -2.45. The molecule has 21 heavy (non-hydrogen) atoms. The molecule has 0 spiro atoms. The topological polar surface area (TPSA) is 61.3 Å². The molecule has 3 heterocycles. The maximum atomic E-state index is 9.99. The van der Waals surface area contributed by atoms with Crippen LogP contribution in [0.25, 0.3) is 0 Å². The average molecular weight is 290 g/mol. The fraction of sp³-hybridized carbons (Fsp3) is 0.750. The predicted molar refractivity (Wildman–Crippen MR) is 84.8 cm³/mol. The average Bonchev–Trinajstić information content (AvgIpc) is 2.72. The number of anilines is 2. The molecule has 2 atom stereocenters. The number of fused-ring (bicyclic) bond motifs is 2. The number of aliphatic hydroxyl groups excluding tert-OH is 1. The Morgan fingerprint density at radius 1 is 1.24 bits per heavy atom. The van der Waals surface area contributed by atoms with Crippen molar-refractivity contribution < 1.29 is 5.11 Å². The van der Waals surface area contributed by atoms with E-state index in [1.165, 1.54) is 12.8 Å². The second-order valence-corrected chi connectivity index (χ2v) is 6.35. The van der Waals surface area contributed by atoms with Crippen LogP contribution in [0.1, 0.15) is 50.4 Å². The van der Waals surface area contributed by atoms with Crippen molar-refractivity contribution in [1.29, 1.82) is 0 Å². The number of aliphatic hydroxyl groups is 1. The van der Waals surface area contributed by atoms with E-state index >= 15 is 0 Å². The Morgan fingerprint density at radius 3 is 2.48 bits per heavy atom. The highest BCUT2D eigenvalue weighted by atomic mass is 16.3.